The highest BCUT2D eigenvalue weighted by Crippen LogP contribution is 2.26. The summed E-state index contributed by atoms with van der Waals surface area (Å²) in [5.41, 5.74) is 5.29. The Morgan fingerprint density at radius 1 is 1.16 bits per heavy atom. The van der Waals surface area contributed by atoms with Gasteiger partial charge in [-0.05, 0) is 50.0 Å². The van der Waals surface area contributed by atoms with Gasteiger partial charge in [0.15, 0.2) is 5.82 Å². The van der Waals surface area contributed by atoms with Crippen LogP contribution in [0.4, 0.5) is 10.2 Å². The van der Waals surface area contributed by atoms with Gasteiger partial charge in [0, 0.05) is 11.8 Å². The van der Waals surface area contributed by atoms with Gasteiger partial charge in [-0.3, -0.25) is 4.40 Å². The molecule has 5 heteroatoms. The molecule has 3 aromatic rings. The van der Waals surface area contributed by atoms with E-state index in [1.165, 1.54) is 11.6 Å². The molecule has 2 aromatic heterocycles. The van der Waals surface area contributed by atoms with Crippen molar-refractivity contribution in [2.75, 3.05) is 5.32 Å². The van der Waals surface area contributed by atoms with E-state index in [0.717, 1.165) is 29.6 Å². The molecule has 0 saturated heterocycles. The Morgan fingerprint density at radius 3 is 2.72 bits per heavy atom. The van der Waals surface area contributed by atoms with Crippen molar-refractivity contribution >= 4 is 22.4 Å². The number of imidazole rings is 1. The number of rotatable bonds is 2. The monoisotopic (exact) mass is 338 g/mol. The number of anilines is 1. The number of aromatic nitrogens is 3. The van der Waals surface area contributed by atoms with Gasteiger partial charge in [-0.2, -0.15) is 0 Å². The minimum Gasteiger partial charge on any atom is -0.338 e. The fourth-order valence-corrected chi connectivity index (χ4v) is 2.92. The Labute approximate surface area is 147 Å². The van der Waals surface area contributed by atoms with E-state index in [2.05, 4.69) is 34.4 Å². The molecule has 0 amide bonds. The molecular formula is C20H23FN4. The Balaban J connectivity index is 0.000000880. The number of allylic oxidation sites excluding steroid dienone is 3. The van der Waals surface area contributed by atoms with Crippen molar-refractivity contribution in [3.8, 4) is 0 Å². The molecule has 2 heterocycles. The third-order valence-electron chi connectivity index (χ3n) is 4.31. The van der Waals surface area contributed by atoms with E-state index < -0.39 is 0 Å². The van der Waals surface area contributed by atoms with Crippen LogP contribution < -0.4 is 5.32 Å². The molecule has 130 valence electrons. The van der Waals surface area contributed by atoms with Crippen LogP contribution in [0.15, 0.2) is 48.1 Å². The van der Waals surface area contributed by atoms with E-state index in [-0.39, 0.29) is 5.82 Å². The minimum absolute atomic E-state index is 0.247. The largest absolute Gasteiger partial charge is 0.338 e. The van der Waals surface area contributed by atoms with E-state index in [9.17, 15) is 4.39 Å². The predicted molar refractivity (Wildman–Crippen MR) is 101 cm³/mol. The lowest BCUT2D eigenvalue weighted by molar-refractivity contribution is 0.620. The van der Waals surface area contributed by atoms with Gasteiger partial charge in [0.1, 0.15) is 11.3 Å². The molecule has 1 aliphatic carbocycles. The lowest BCUT2D eigenvalue weighted by Gasteiger charge is -2.16. The zero-order chi connectivity index (χ0) is 18.0. The summed E-state index contributed by atoms with van der Waals surface area (Å²) in [5, 5.41) is 3.38. The minimum atomic E-state index is -0.247. The van der Waals surface area contributed by atoms with Crippen LogP contribution in [0.2, 0.25) is 0 Å². The van der Waals surface area contributed by atoms with Crippen LogP contribution in [0.25, 0.3) is 16.6 Å². The number of hydrogen-bond donors (Lipinski definition) is 1. The third kappa shape index (κ3) is 3.14. The number of benzene rings is 1. The molecule has 0 fully saturated rings. The van der Waals surface area contributed by atoms with Crippen molar-refractivity contribution in [1.82, 2.24) is 14.4 Å². The average molecular weight is 338 g/mol. The van der Waals surface area contributed by atoms with Gasteiger partial charge in [0.2, 0.25) is 0 Å². The van der Waals surface area contributed by atoms with Crippen molar-refractivity contribution in [2.24, 2.45) is 0 Å². The van der Waals surface area contributed by atoms with Gasteiger partial charge in [-0.15, -0.1) is 0 Å². The maximum Gasteiger partial charge on any atom is 0.157 e. The maximum atomic E-state index is 13.9. The summed E-state index contributed by atoms with van der Waals surface area (Å²) in [6.07, 6.45) is 9.83. The Kier molecular flexibility index (Phi) is 4.83. The second-order valence-corrected chi connectivity index (χ2v) is 5.96. The number of aryl methyl sites for hydroxylation is 1. The lowest BCUT2D eigenvalue weighted by Crippen LogP contribution is -2.06. The zero-order valence-corrected chi connectivity index (χ0v) is 15.1. The van der Waals surface area contributed by atoms with Crippen molar-refractivity contribution in [2.45, 2.75) is 40.5 Å². The third-order valence-corrected chi connectivity index (χ3v) is 4.31. The fraction of sp³-hybridized carbons (Fsp3) is 0.300. The topological polar surface area (TPSA) is 42.2 Å². The summed E-state index contributed by atoms with van der Waals surface area (Å²) in [5.74, 6) is 0.447. The standard InChI is InChI=1S/C18H17FN4.C2H6/c1-11-5-3-4-6-14(11)21-18-17-9-20-10-23(17)16-7-12(2)13(19)8-15(16)22-18;1-2/h4,6-10H,3,5H2,1-2H3,(H,21,22);1-2H3. The molecule has 0 spiro atoms. The Hall–Kier alpha value is -2.69. The SMILES string of the molecule is CC.CC1=C(Nc2nc3cc(F)c(C)cc3n3cncc23)C=CCC1. The first kappa shape index (κ1) is 17.1. The Bertz CT molecular complexity index is 982. The second kappa shape index (κ2) is 7.05. The van der Waals surface area contributed by atoms with Crippen LogP contribution in [-0.2, 0) is 0 Å². The molecule has 0 bridgehead atoms. The van der Waals surface area contributed by atoms with Gasteiger partial charge < -0.3 is 5.32 Å². The quantitative estimate of drug-likeness (QED) is 0.681. The summed E-state index contributed by atoms with van der Waals surface area (Å²) in [6.45, 7) is 7.87. The Morgan fingerprint density at radius 2 is 1.96 bits per heavy atom. The van der Waals surface area contributed by atoms with E-state index in [1.54, 1.807) is 25.5 Å². The average Bonchev–Trinajstić information content (AvgIpc) is 3.11. The molecule has 25 heavy (non-hydrogen) atoms. The molecule has 4 rings (SSSR count). The highest BCUT2D eigenvalue weighted by molar-refractivity contribution is 5.85. The van der Waals surface area contributed by atoms with Crippen molar-refractivity contribution in [3.05, 3.63) is 59.5 Å². The van der Waals surface area contributed by atoms with E-state index >= 15 is 0 Å². The molecule has 4 nitrogen and oxygen atoms in total. The molecule has 0 radical (unpaired) electrons. The van der Waals surface area contributed by atoms with Crippen molar-refractivity contribution in [1.29, 1.82) is 0 Å². The smallest absolute Gasteiger partial charge is 0.157 e. The molecule has 1 aliphatic rings. The number of nitrogens with zero attached hydrogens (tertiary/aromatic N) is 3. The number of fused-ring (bicyclic) bond motifs is 3. The van der Waals surface area contributed by atoms with Gasteiger partial charge >= 0.3 is 0 Å². The number of nitrogens with one attached hydrogen (secondary N) is 1. The van der Waals surface area contributed by atoms with Crippen LogP contribution >= 0.6 is 0 Å². The zero-order valence-electron chi connectivity index (χ0n) is 15.1. The normalized spacial score (nSPS) is 14.0. The first-order chi connectivity index (χ1) is 12.1. The molecule has 0 unspecified atom stereocenters. The molecule has 1 aromatic carbocycles. The lowest BCUT2D eigenvalue weighted by atomic mass is 10.0. The van der Waals surface area contributed by atoms with E-state index in [1.807, 2.05) is 18.2 Å². The number of halogens is 1. The first-order valence-electron chi connectivity index (χ1n) is 8.69. The van der Waals surface area contributed by atoms with E-state index in [0.29, 0.717) is 16.9 Å². The molecule has 0 atom stereocenters. The van der Waals surface area contributed by atoms with Crippen LogP contribution in [0.1, 0.15) is 39.2 Å². The predicted octanol–water partition coefficient (Wildman–Crippen LogP) is 5.39. The highest BCUT2D eigenvalue weighted by Gasteiger charge is 2.13. The fourth-order valence-electron chi connectivity index (χ4n) is 2.92. The molecule has 0 saturated carbocycles. The molecular weight excluding hydrogens is 315 g/mol. The maximum absolute atomic E-state index is 13.9. The van der Waals surface area contributed by atoms with Gasteiger partial charge in [-0.25, -0.2) is 14.4 Å². The van der Waals surface area contributed by atoms with Gasteiger partial charge in [-0.1, -0.05) is 19.9 Å². The molecule has 1 N–H and O–H groups in total. The summed E-state index contributed by atoms with van der Waals surface area (Å²) in [7, 11) is 0. The van der Waals surface area contributed by atoms with Crippen LogP contribution in [-0.4, -0.2) is 14.4 Å². The van der Waals surface area contributed by atoms with Crippen LogP contribution in [0.3, 0.4) is 0 Å². The first-order valence-corrected chi connectivity index (χ1v) is 8.69. The second-order valence-electron chi connectivity index (χ2n) is 5.96. The van der Waals surface area contributed by atoms with E-state index in [4.69, 9.17) is 0 Å². The van der Waals surface area contributed by atoms with Crippen LogP contribution in [0, 0.1) is 12.7 Å². The highest BCUT2D eigenvalue weighted by atomic mass is 19.1. The summed E-state index contributed by atoms with van der Waals surface area (Å²) in [6, 6.07) is 3.29. The summed E-state index contributed by atoms with van der Waals surface area (Å²) >= 11 is 0. The van der Waals surface area contributed by atoms with Gasteiger partial charge in [0.05, 0.1) is 23.6 Å². The van der Waals surface area contributed by atoms with Gasteiger partial charge in [0.25, 0.3) is 0 Å². The van der Waals surface area contributed by atoms with Crippen molar-refractivity contribution in [3.63, 3.8) is 0 Å². The number of hydrogen-bond acceptors (Lipinski definition) is 3. The summed E-state index contributed by atoms with van der Waals surface area (Å²) in [4.78, 5) is 8.86. The van der Waals surface area contributed by atoms with Crippen molar-refractivity contribution < 1.29 is 4.39 Å². The molecule has 0 aliphatic heterocycles. The summed E-state index contributed by atoms with van der Waals surface area (Å²) < 4.78 is 15.9. The van der Waals surface area contributed by atoms with Crippen LogP contribution in [0.5, 0.6) is 0 Å².